The zero-order chi connectivity index (χ0) is 15.5. The van der Waals surface area contributed by atoms with Crippen LogP contribution in [0.25, 0.3) is 10.8 Å². The van der Waals surface area contributed by atoms with Gasteiger partial charge in [0.2, 0.25) is 0 Å². The number of carbonyl (C=O) groups is 1. The topological polar surface area (TPSA) is 58.2 Å². The van der Waals surface area contributed by atoms with E-state index in [0.717, 1.165) is 28.6 Å². The molecule has 1 N–H and O–H groups in total. The lowest BCUT2D eigenvalue weighted by Crippen LogP contribution is -2.25. The van der Waals surface area contributed by atoms with Crippen molar-refractivity contribution in [2.45, 2.75) is 6.42 Å². The van der Waals surface area contributed by atoms with E-state index in [4.69, 9.17) is 4.74 Å². The third-order valence-electron chi connectivity index (χ3n) is 3.73. The van der Waals surface area contributed by atoms with Crippen LogP contribution in [-0.2, 0) is 11.2 Å². The first-order chi connectivity index (χ1) is 10.7. The number of hydrogen-bond donors (Lipinski definition) is 1. The highest BCUT2D eigenvalue weighted by molar-refractivity contribution is 5.94. The van der Waals surface area contributed by atoms with Gasteiger partial charge in [-0.1, -0.05) is 24.3 Å². The fourth-order valence-electron chi connectivity index (χ4n) is 2.52. The molecule has 0 bridgehead atoms. The number of amides is 1. The van der Waals surface area contributed by atoms with E-state index in [1.165, 1.54) is 17.6 Å². The summed E-state index contributed by atoms with van der Waals surface area (Å²) >= 11 is 0. The van der Waals surface area contributed by atoms with Crippen LogP contribution in [0.4, 0.5) is 10.5 Å². The second-order valence-corrected chi connectivity index (χ2v) is 5.11. The molecule has 0 unspecified atom stereocenters. The molecule has 112 valence electrons. The summed E-state index contributed by atoms with van der Waals surface area (Å²) in [4.78, 5) is 20.3. The van der Waals surface area contributed by atoms with E-state index < -0.39 is 0 Å². The van der Waals surface area contributed by atoms with Gasteiger partial charge in [0.25, 0.3) is 0 Å². The molecule has 0 aliphatic carbocycles. The lowest BCUT2D eigenvalue weighted by Gasteiger charge is -2.17. The highest BCUT2D eigenvalue weighted by Crippen LogP contribution is 2.26. The van der Waals surface area contributed by atoms with Gasteiger partial charge in [0.15, 0.2) is 0 Å². The van der Waals surface area contributed by atoms with E-state index in [9.17, 15) is 4.79 Å². The van der Waals surface area contributed by atoms with E-state index in [0.29, 0.717) is 0 Å². The summed E-state index contributed by atoms with van der Waals surface area (Å²) < 4.78 is 4.77. The van der Waals surface area contributed by atoms with E-state index in [1.807, 2.05) is 30.5 Å². The van der Waals surface area contributed by atoms with Crippen LogP contribution < -0.4 is 4.90 Å². The Morgan fingerprint density at radius 1 is 1.32 bits per heavy atom. The number of H-pyrrole nitrogens is 1. The van der Waals surface area contributed by atoms with Gasteiger partial charge in [-0.25, -0.2) is 9.78 Å². The molecule has 1 aromatic heterocycles. The van der Waals surface area contributed by atoms with Gasteiger partial charge in [-0.3, -0.25) is 4.90 Å². The number of fused-ring (bicyclic) bond motifs is 1. The monoisotopic (exact) mass is 295 g/mol. The highest BCUT2D eigenvalue weighted by atomic mass is 16.5. The standard InChI is InChI=1S/C17H17N3O2/c1-20(17(21)22-2)15-7-6-12-4-3-5-13(16(12)9-15)8-14-10-18-11-19-14/h3-7,9-11H,8H2,1-2H3,(H,18,19). The van der Waals surface area contributed by atoms with E-state index in [1.54, 1.807) is 13.4 Å². The van der Waals surface area contributed by atoms with Crippen LogP contribution in [0, 0.1) is 0 Å². The lowest BCUT2D eigenvalue weighted by molar-refractivity contribution is 0.180. The van der Waals surface area contributed by atoms with Gasteiger partial charge in [-0.05, 0) is 28.5 Å². The van der Waals surface area contributed by atoms with Crippen molar-refractivity contribution in [2.24, 2.45) is 0 Å². The number of rotatable bonds is 3. The SMILES string of the molecule is COC(=O)N(C)c1ccc2cccc(Cc3cnc[nH]3)c2c1. The Hall–Kier alpha value is -2.82. The molecule has 1 amide bonds. The number of hydrogen-bond acceptors (Lipinski definition) is 3. The van der Waals surface area contributed by atoms with Crippen molar-refractivity contribution in [3.05, 3.63) is 60.2 Å². The number of ether oxygens (including phenoxy) is 1. The average Bonchev–Trinajstić information content (AvgIpc) is 3.06. The van der Waals surface area contributed by atoms with Crippen molar-refractivity contribution in [3.8, 4) is 0 Å². The molecule has 1 heterocycles. The molecule has 22 heavy (non-hydrogen) atoms. The summed E-state index contributed by atoms with van der Waals surface area (Å²) in [7, 11) is 3.08. The Kier molecular flexibility index (Phi) is 3.78. The number of benzene rings is 2. The minimum atomic E-state index is -0.384. The number of nitrogens with zero attached hydrogens (tertiary/aromatic N) is 2. The van der Waals surface area contributed by atoms with Gasteiger partial charge in [0.05, 0.1) is 13.4 Å². The van der Waals surface area contributed by atoms with Gasteiger partial charge in [-0.2, -0.15) is 0 Å². The van der Waals surface area contributed by atoms with Crippen molar-refractivity contribution >= 4 is 22.6 Å². The third-order valence-corrected chi connectivity index (χ3v) is 3.73. The number of aromatic nitrogens is 2. The molecule has 0 aliphatic heterocycles. The highest BCUT2D eigenvalue weighted by Gasteiger charge is 2.12. The average molecular weight is 295 g/mol. The Morgan fingerprint density at radius 2 is 2.18 bits per heavy atom. The van der Waals surface area contributed by atoms with E-state index >= 15 is 0 Å². The number of nitrogens with one attached hydrogen (secondary N) is 1. The summed E-state index contributed by atoms with van der Waals surface area (Å²) in [5, 5.41) is 2.25. The van der Waals surface area contributed by atoms with Crippen molar-refractivity contribution in [2.75, 3.05) is 19.1 Å². The Morgan fingerprint density at radius 3 is 2.91 bits per heavy atom. The Labute approximate surface area is 128 Å². The molecule has 0 spiro atoms. The van der Waals surface area contributed by atoms with Gasteiger partial charge < -0.3 is 9.72 Å². The molecule has 3 aromatic rings. The second kappa shape index (κ2) is 5.89. The van der Waals surface area contributed by atoms with Crippen molar-refractivity contribution < 1.29 is 9.53 Å². The fourth-order valence-corrected chi connectivity index (χ4v) is 2.52. The fraction of sp³-hybridized carbons (Fsp3) is 0.176. The molecule has 0 saturated heterocycles. The van der Waals surface area contributed by atoms with Crippen LogP contribution in [0.15, 0.2) is 48.9 Å². The summed E-state index contributed by atoms with van der Waals surface area (Å²) in [5.41, 5.74) is 3.04. The van der Waals surface area contributed by atoms with Crippen LogP contribution in [0.5, 0.6) is 0 Å². The van der Waals surface area contributed by atoms with Crippen LogP contribution in [0.3, 0.4) is 0 Å². The molecule has 5 heteroatoms. The normalized spacial score (nSPS) is 10.6. The van der Waals surface area contributed by atoms with Crippen LogP contribution in [-0.4, -0.2) is 30.2 Å². The summed E-state index contributed by atoms with van der Waals surface area (Å²) in [5.74, 6) is 0. The van der Waals surface area contributed by atoms with Crippen molar-refractivity contribution in [3.63, 3.8) is 0 Å². The van der Waals surface area contributed by atoms with Crippen molar-refractivity contribution in [1.82, 2.24) is 9.97 Å². The number of aromatic amines is 1. The maximum Gasteiger partial charge on any atom is 0.413 e. The van der Waals surface area contributed by atoms with Gasteiger partial charge >= 0.3 is 6.09 Å². The molecule has 0 aliphatic rings. The van der Waals surface area contributed by atoms with E-state index in [-0.39, 0.29) is 6.09 Å². The second-order valence-electron chi connectivity index (χ2n) is 5.11. The number of methoxy groups -OCH3 is 1. The molecule has 0 saturated carbocycles. The van der Waals surface area contributed by atoms with Gasteiger partial charge in [-0.15, -0.1) is 0 Å². The predicted molar refractivity (Wildman–Crippen MR) is 86.1 cm³/mol. The number of anilines is 1. The smallest absolute Gasteiger partial charge is 0.413 e. The number of imidazole rings is 1. The van der Waals surface area contributed by atoms with Gasteiger partial charge in [0.1, 0.15) is 0 Å². The first kappa shape index (κ1) is 14.1. The maximum atomic E-state index is 11.7. The zero-order valence-electron chi connectivity index (χ0n) is 12.5. The maximum absolute atomic E-state index is 11.7. The Bertz CT molecular complexity index is 797. The molecule has 0 radical (unpaired) electrons. The summed E-state index contributed by atoms with van der Waals surface area (Å²) in [6.07, 6.45) is 3.88. The van der Waals surface area contributed by atoms with Crippen LogP contribution >= 0.6 is 0 Å². The Balaban J connectivity index is 2.03. The first-order valence-electron chi connectivity index (χ1n) is 6.99. The molecular weight excluding hydrogens is 278 g/mol. The van der Waals surface area contributed by atoms with E-state index in [2.05, 4.69) is 22.1 Å². The largest absolute Gasteiger partial charge is 0.452 e. The van der Waals surface area contributed by atoms with Crippen molar-refractivity contribution in [1.29, 1.82) is 0 Å². The molecule has 5 nitrogen and oxygen atoms in total. The third kappa shape index (κ3) is 2.65. The molecule has 0 fully saturated rings. The predicted octanol–water partition coefficient (Wildman–Crippen LogP) is 3.36. The molecule has 2 aromatic carbocycles. The van der Waals surface area contributed by atoms with Gasteiger partial charge in [0, 0.05) is 31.0 Å². The van der Waals surface area contributed by atoms with Crippen LogP contribution in [0.2, 0.25) is 0 Å². The number of carbonyl (C=O) groups excluding carboxylic acids is 1. The molecule has 0 atom stereocenters. The molecular formula is C17H17N3O2. The minimum absolute atomic E-state index is 0.384. The lowest BCUT2D eigenvalue weighted by atomic mass is 10.0. The minimum Gasteiger partial charge on any atom is -0.452 e. The summed E-state index contributed by atoms with van der Waals surface area (Å²) in [6.45, 7) is 0. The zero-order valence-corrected chi connectivity index (χ0v) is 12.5. The van der Waals surface area contributed by atoms with Crippen LogP contribution in [0.1, 0.15) is 11.3 Å². The quantitative estimate of drug-likeness (QED) is 0.806. The molecule has 3 rings (SSSR count). The first-order valence-corrected chi connectivity index (χ1v) is 6.99. The summed E-state index contributed by atoms with van der Waals surface area (Å²) in [6, 6.07) is 12.1.